The van der Waals surface area contributed by atoms with E-state index in [4.69, 9.17) is 10.6 Å². The maximum Gasteiger partial charge on any atom is 0.0547 e. The lowest BCUT2D eigenvalue weighted by Gasteiger charge is -2.08. The molecule has 1 rings (SSSR count). The molecule has 64 valence electrons. The van der Waals surface area contributed by atoms with Crippen LogP contribution in [0.1, 0.15) is 26.2 Å². The summed E-state index contributed by atoms with van der Waals surface area (Å²) in [7, 11) is 0. The first-order valence-corrected chi connectivity index (χ1v) is 4.22. The lowest BCUT2D eigenvalue weighted by Crippen LogP contribution is -2.15. The first kappa shape index (κ1) is 8.53. The third-order valence-electron chi connectivity index (χ3n) is 2.15. The van der Waals surface area contributed by atoms with Crippen molar-refractivity contribution in [3.05, 3.63) is 0 Å². The monoisotopic (exact) mass is 156 g/mol. The molecule has 1 atom stereocenters. The molecule has 0 amide bonds. The standard InChI is InChI=1S/C8H16N2O/c1-2-11-6-7-4-3-5-8(7)10-9/h7H,2-6,9H2,1H3/b10-8+. The first-order valence-electron chi connectivity index (χ1n) is 4.22. The summed E-state index contributed by atoms with van der Waals surface area (Å²) < 4.78 is 5.31. The molecule has 1 fully saturated rings. The fraction of sp³-hybridized carbons (Fsp3) is 0.875. The lowest BCUT2D eigenvalue weighted by atomic mass is 10.1. The number of hydrogen-bond acceptors (Lipinski definition) is 3. The molecule has 1 saturated carbocycles. The van der Waals surface area contributed by atoms with Crippen molar-refractivity contribution in [3.63, 3.8) is 0 Å². The van der Waals surface area contributed by atoms with E-state index >= 15 is 0 Å². The molecule has 1 aliphatic rings. The van der Waals surface area contributed by atoms with Gasteiger partial charge in [-0.2, -0.15) is 5.10 Å². The third kappa shape index (κ3) is 2.19. The zero-order valence-electron chi connectivity index (χ0n) is 7.05. The molecule has 0 aromatic carbocycles. The molecular weight excluding hydrogens is 140 g/mol. The Morgan fingerprint density at radius 1 is 1.73 bits per heavy atom. The minimum Gasteiger partial charge on any atom is -0.381 e. The summed E-state index contributed by atoms with van der Waals surface area (Å²) in [5, 5.41) is 3.76. The van der Waals surface area contributed by atoms with Gasteiger partial charge in [0.15, 0.2) is 0 Å². The van der Waals surface area contributed by atoms with Crippen LogP contribution < -0.4 is 5.84 Å². The highest BCUT2D eigenvalue weighted by molar-refractivity contribution is 5.88. The Balaban J connectivity index is 2.32. The van der Waals surface area contributed by atoms with E-state index < -0.39 is 0 Å². The molecule has 11 heavy (non-hydrogen) atoms. The summed E-state index contributed by atoms with van der Waals surface area (Å²) in [4.78, 5) is 0. The average molecular weight is 156 g/mol. The van der Waals surface area contributed by atoms with Crippen molar-refractivity contribution in [2.45, 2.75) is 26.2 Å². The Morgan fingerprint density at radius 3 is 3.18 bits per heavy atom. The largest absolute Gasteiger partial charge is 0.381 e. The van der Waals surface area contributed by atoms with Gasteiger partial charge in [0.25, 0.3) is 0 Å². The fourth-order valence-corrected chi connectivity index (χ4v) is 1.51. The van der Waals surface area contributed by atoms with Crippen LogP contribution in [0, 0.1) is 5.92 Å². The predicted molar refractivity (Wildman–Crippen MR) is 45.5 cm³/mol. The molecule has 0 aromatic rings. The molecule has 1 unspecified atom stereocenters. The number of hydrazone groups is 1. The molecule has 0 spiro atoms. The molecule has 0 aromatic heterocycles. The molecule has 3 nitrogen and oxygen atoms in total. The van der Waals surface area contributed by atoms with Crippen molar-refractivity contribution < 1.29 is 4.74 Å². The highest BCUT2D eigenvalue weighted by Gasteiger charge is 2.21. The van der Waals surface area contributed by atoms with Gasteiger partial charge in [-0.1, -0.05) is 0 Å². The van der Waals surface area contributed by atoms with E-state index in [2.05, 4.69) is 5.10 Å². The van der Waals surface area contributed by atoms with E-state index in [1.165, 1.54) is 12.8 Å². The summed E-state index contributed by atoms with van der Waals surface area (Å²) in [5.74, 6) is 5.73. The number of nitrogens with zero attached hydrogens (tertiary/aromatic N) is 1. The molecule has 0 saturated heterocycles. The maximum absolute atomic E-state index is 5.31. The second-order valence-electron chi connectivity index (χ2n) is 2.87. The Hall–Kier alpha value is -0.570. The first-order chi connectivity index (χ1) is 5.38. The van der Waals surface area contributed by atoms with Crippen LogP contribution in [-0.4, -0.2) is 18.9 Å². The highest BCUT2D eigenvalue weighted by Crippen LogP contribution is 2.22. The van der Waals surface area contributed by atoms with Crippen LogP contribution in [0.15, 0.2) is 5.10 Å². The van der Waals surface area contributed by atoms with E-state index in [0.29, 0.717) is 5.92 Å². The van der Waals surface area contributed by atoms with E-state index in [1.54, 1.807) is 0 Å². The fourth-order valence-electron chi connectivity index (χ4n) is 1.51. The van der Waals surface area contributed by atoms with Crippen LogP contribution in [0.5, 0.6) is 0 Å². The number of nitrogens with two attached hydrogens (primary N) is 1. The maximum atomic E-state index is 5.31. The van der Waals surface area contributed by atoms with E-state index in [1.807, 2.05) is 6.92 Å². The van der Waals surface area contributed by atoms with Crippen molar-refractivity contribution in [1.82, 2.24) is 0 Å². The number of hydrogen-bond donors (Lipinski definition) is 1. The van der Waals surface area contributed by atoms with Gasteiger partial charge in [-0.25, -0.2) is 0 Å². The van der Waals surface area contributed by atoms with Crippen molar-refractivity contribution >= 4 is 5.71 Å². The SMILES string of the molecule is CCOCC1CCC/C1=N\N. The lowest BCUT2D eigenvalue weighted by molar-refractivity contribution is 0.129. The molecular formula is C8H16N2O. The number of rotatable bonds is 3. The van der Waals surface area contributed by atoms with E-state index in [-0.39, 0.29) is 0 Å². The zero-order valence-corrected chi connectivity index (χ0v) is 7.05. The van der Waals surface area contributed by atoms with Crippen molar-refractivity contribution in [3.8, 4) is 0 Å². The van der Waals surface area contributed by atoms with Gasteiger partial charge >= 0.3 is 0 Å². The predicted octanol–water partition coefficient (Wildman–Crippen LogP) is 1.14. The molecule has 1 aliphatic carbocycles. The van der Waals surface area contributed by atoms with Crippen LogP contribution in [0.2, 0.25) is 0 Å². The van der Waals surface area contributed by atoms with Gasteiger partial charge in [-0.15, -0.1) is 0 Å². The van der Waals surface area contributed by atoms with Gasteiger partial charge in [0.1, 0.15) is 0 Å². The summed E-state index contributed by atoms with van der Waals surface area (Å²) in [6.07, 6.45) is 3.47. The van der Waals surface area contributed by atoms with Crippen LogP contribution in [0.25, 0.3) is 0 Å². The molecule has 0 aliphatic heterocycles. The second kappa shape index (κ2) is 4.34. The Labute approximate surface area is 67.6 Å². The second-order valence-corrected chi connectivity index (χ2v) is 2.87. The van der Waals surface area contributed by atoms with Crippen LogP contribution in [-0.2, 0) is 4.74 Å². The quantitative estimate of drug-likeness (QED) is 0.492. The van der Waals surface area contributed by atoms with Crippen molar-refractivity contribution in [2.75, 3.05) is 13.2 Å². The number of ether oxygens (including phenoxy) is 1. The van der Waals surface area contributed by atoms with E-state index in [0.717, 1.165) is 25.3 Å². The van der Waals surface area contributed by atoms with E-state index in [9.17, 15) is 0 Å². The van der Waals surface area contributed by atoms with Crippen LogP contribution in [0.3, 0.4) is 0 Å². The molecule has 2 N–H and O–H groups in total. The van der Waals surface area contributed by atoms with Gasteiger partial charge in [-0.05, 0) is 26.2 Å². The Kier molecular flexibility index (Phi) is 3.36. The van der Waals surface area contributed by atoms with Crippen LogP contribution in [0.4, 0.5) is 0 Å². The van der Waals surface area contributed by atoms with Crippen molar-refractivity contribution in [1.29, 1.82) is 0 Å². The minimum absolute atomic E-state index is 0.500. The molecule has 0 radical (unpaired) electrons. The third-order valence-corrected chi connectivity index (χ3v) is 2.15. The Bertz CT molecular complexity index is 145. The zero-order chi connectivity index (χ0) is 8.10. The summed E-state index contributed by atoms with van der Waals surface area (Å²) in [6, 6.07) is 0. The van der Waals surface area contributed by atoms with Crippen LogP contribution >= 0.6 is 0 Å². The molecule has 0 bridgehead atoms. The summed E-state index contributed by atoms with van der Waals surface area (Å²) >= 11 is 0. The van der Waals surface area contributed by atoms with Crippen molar-refractivity contribution in [2.24, 2.45) is 16.9 Å². The van der Waals surface area contributed by atoms with Gasteiger partial charge in [0, 0.05) is 18.2 Å². The highest BCUT2D eigenvalue weighted by atomic mass is 16.5. The average Bonchev–Trinajstić information content (AvgIpc) is 2.47. The van der Waals surface area contributed by atoms with Gasteiger partial charge in [0.05, 0.1) is 6.61 Å². The van der Waals surface area contributed by atoms with Gasteiger partial charge in [-0.3, -0.25) is 0 Å². The molecule has 3 heteroatoms. The Morgan fingerprint density at radius 2 is 2.55 bits per heavy atom. The van der Waals surface area contributed by atoms with Gasteiger partial charge in [0.2, 0.25) is 0 Å². The summed E-state index contributed by atoms with van der Waals surface area (Å²) in [6.45, 7) is 3.59. The normalized spacial score (nSPS) is 28.1. The molecule has 0 heterocycles. The van der Waals surface area contributed by atoms with Gasteiger partial charge < -0.3 is 10.6 Å². The minimum atomic E-state index is 0.500. The topological polar surface area (TPSA) is 47.6 Å². The smallest absolute Gasteiger partial charge is 0.0547 e. The summed E-state index contributed by atoms with van der Waals surface area (Å²) in [5.41, 5.74) is 1.14.